The molecule has 1 aromatic heterocycles. The fourth-order valence-corrected chi connectivity index (χ4v) is 2.15. The van der Waals surface area contributed by atoms with Crippen LogP contribution in [0.15, 0.2) is 28.7 Å². The van der Waals surface area contributed by atoms with Gasteiger partial charge in [-0.3, -0.25) is 0 Å². The second-order valence-electron chi connectivity index (χ2n) is 4.41. The van der Waals surface area contributed by atoms with Crippen LogP contribution >= 0.6 is 12.4 Å². The summed E-state index contributed by atoms with van der Waals surface area (Å²) in [5, 5.41) is 3.43. The number of para-hydroxylation sites is 2. The summed E-state index contributed by atoms with van der Waals surface area (Å²) in [4.78, 5) is 4.28. The Balaban J connectivity index is 0.00000120. The molecular weight excluding hydrogens is 252 g/mol. The number of nitrogens with zero attached hydrogens (tertiary/aromatic N) is 1. The fourth-order valence-electron chi connectivity index (χ4n) is 2.15. The first-order chi connectivity index (χ1) is 8.42. The second kappa shape index (κ2) is 6.07. The summed E-state index contributed by atoms with van der Waals surface area (Å²) in [5.41, 5.74) is 1.62. The molecule has 1 saturated heterocycles. The lowest BCUT2D eigenvalue weighted by atomic mass is 10.1. The summed E-state index contributed by atoms with van der Waals surface area (Å²) in [6, 6.07) is 8.12. The molecule has 1 aliphatic heterocycles. The van der Waals surface area contributed by atoms with Gasteiger partial charge in [-0.25, -0.2) is 0 Å². The molecule has 98 valence electrons. The molecule has 5 heteroatoms. The standard InChI is InChI=1S/C13H16N2O2.ClH/c1-2-7-12-11(6-1)15-13(17-12)16-9-10-5-3-4-8-14-10;/h1-2,6-7,10,14H,3-5,8-9H2;1H. The summed E-state index contributed by atoms with van der Waals surface area (Å²) in [6.45, 7) is 1.72. The number of nitrogens with one attached hydrogen (secondary N) is 1. The lowest BCUT2D eigenvalue weighted by Crippen LogP contribution is -2.38. The van der Waals surface area contributed by atoms with Gasteiger partial charge in [-0.05, 0) is 31.5 Å². The molecule has 1 N–H and O–H groups in total. The predicted molar refractivity (Wildman–Crippen MR) is 72.4 cm³/mol. The highest BCUT2D eigenvalue weighted by Crippen LogP contribution is 2.20. The lowest BCUT2D eigenvalue weighted by molar-refractivity contribution is 0.191. The highest BCUT2D eigenvalue weighted by Gasteiger charge is 2.14. The van der Waals surface area contributed by atoms with E-state index in [4.69, 9.17) is 9.15 Å². The third kappa shape index (κ3) is 2.94. The van der Waals surface area contributed by atoms with Crippen LogP contribution in [-0.4, -0.2) is 24.2 Å². The molecule has 0 saturated carbocycles. The third-order valence-corrected chi connectivity index (χ3v) is 3.09. The van der Waals surface area contributed by atoms with Crippen molar-refractivity contribution in [2.24, 2.45) is 0 Å². The van der Waals surface area contributed by atoms with Crippen LogP contribution in [0.1, 0.15) is 19.3 Å². The molecule has 2 aromatic rings. The van der Waals surface area contributed by atoms with E-state index in [1.54, 1.807) is 0 Å². The van der Waals surface area contributed by atoms with Gasteiger partial charge < -0.3 is 14.5 Å². The lowest BCUT2D eigenvalue weighted by Gasteiger charge is -2.22. The number of piperidine rings is 1. The van der Waals surface area contributed by atoms with Crippen LogP contribution in [-0.2, 0) is 0 Å². The monoisotopic (exact) mass is 268 g/mol. The average Bonchev–Trinajstić information content (AvgIpc) is 2.80. The van der Waals surface area contributed by atoms with Crippen molar-refractivity contribution >= 4 is 23.5 Å². The fraction of sp³-hybridized carbons (Fsp3) is 0.462. The maximum Gasteiger partial charge on any atom is 0.394 e. The van der Waals surface area contributed by atoms with E-state index >= 15 is 0 Å². The maximum atomic E-state index is 5.59. The van der Waals surface area contributed by atoms with Gasteiger partial charge in [-0.2, -0.15) is 4.98 Å². The normalized spacial score (nSPS) is 19.4. The Labute approximate surface area is 112 Å². The van der Waals surface area contributed by atoms with Crippen LogP contribution in [0.2, 0.25) is 0 Å². The number of halogens is 1. The van der Waals surface area contributed by atoms with E-state index in [1.165, 1.54) is 19.3 Å². The topological polar surface area (TPSA) is 47.3 Å². The molecule has 0 bridgehead atoms. The Morgan fingerprint density at radius 2 is 2.22 bits per heavy atom. The van der Waals surface area contributed by atoms with E-state index in [9.17, 15) is 0 Å². The molecule has 0 radical (unpaired) electrons. The Hall–Kier alpha value is -1.26. The van der Waals surface area contributed by atoms with Gasteiger partial charge in [0.15, 0.2) is 5.58 Å². The molecule has 18 heavy (non-hydrogen) atoms. The summed E-state index contributed by atoms with van der Waals surface area (Å²) >= 11 is 0. The van der Waals surface area contributed by atoms with E-state index in [0.717, 1.165) is 17.6 Å². The van der Waals surface area contributed by atoms with Crippen molar-refractivity contribution in [3.8, 4) is 6.08 Å². The molecule has 1 fully saturated rings. The van der Waals surface area contributed by atoms with Crippen molar-refractivity contribution in [2.75, 3.05) is 13.2 Å². The Kier molecular flexibility index (Phi) is 4.44. The van der Waals surface area contributed by atoms with Crippen molar-refractivity contribution in [2.45, 2.75) is 25.3 Å². The number of benzene rings is 1. The van der Waals surface area contributed by atoms with Crippen LogP contribution in [0.3, 0.4) is 0 Å². The number of fused-ring (bicyclic) bond motifs is 1. The molecule has 3 rings (SSSR count). The first-order valence-electron chi connectivity index (χ1n) is 6.13. The molecule has 0 spiro atoms. The molecular formula is C13H17ClN2O2. The summed E-state index contributed by atoms with van der Waals surface area (Å²) < 4.78 is 11.1. The zero-order chi connectivity index (χ0) is 11.5. The van der Waals surface area contributed by atoms with Crippen LogP contribution in [0, 0.1) is 0 Å². The number of rotatable bonds is 3. The number of hydrogen-bond donors (Lipinski definition) is 1. The van der Waals surface area contributed by atoms with Crippen LogP contribution in [0.5, 0.6) is 6.08 Å². The molecule has 0 amide bonds. The number of ether oxygens (including phenoxy) is 1. The second-order valence-corrected chi connectivity index (χ2v) is 4.41. The smallest absolute Gasteiger partial charge is 0.394 e. The predicted octanol–water partition coefficient (Wildman–Crippen LogP) is 2.77. The summed E-state index contributed by atoms with van der Waals surface area (Å²) in [7, 11) is 0. The van der Waals surface area contributed by atoms with Gasteiger partial charge in [0, 0.05) is 6.04 Å². The Morgan fingerprint density at radius 3 is 3.00 bits per heavy atom. The summed E-state index contributed by atoms with van der Waals surface area (Å²) in [5.74, 6) is 0. The van der Waals surface area contributed by atoms with Crippen molar-refractivity contribution < 1.29 is 9.15 Å². The van der Waals surface area contributed by atoms with Crippen LogP contribution in [0.4, 0.5) is 0 Å². The van der Waals surface area contributed by atoms with Crippen molar-refractivity contribution in [1.82, 2.24) is 10.3 Å². The minimum absolute atomic E-state index is 0. The van der Waals surface area contributed by atoms with E-state index in [0.29, 0.717) is 18.7 Å². The zero-order valence-corrected chi connectivity index (χ0v) is 10.9. The minimum atomic E-state index is 0. The van der Waals surface area contributed by atoms with E-state index in [1.807, 2.05) is 24.3 Å². The third-order valence-electron chi connectivity index (χ3n) is 3.09. The minimum Gasteiger partial charge on any atom is -0.449 e. The first-order valence-corrected chi connectivity index (χ1v) is 6.13. The Morgan fingerprint density at radius 1 is 1.33 bits per heavy atom. The van der Waals surface area contributed by atoms with Gasteiger partial charge in [0.25, 0.3) is 0 Å². The van der Waals surface area contributed by atoms with Gasteiger partial charge in [-0.1, -0.05) is 18.6 Å². The number of aromatic nitrogens is 1. The number of oxazole rings is 1. The van der Waals surface area contributed by atoms with E-state index < -0.39 is 0 Å². The van der Waals surface area contributed by atoms with Crippen LogP contribution < -0.4 is 10.1 Å². The highest BCUT2D eigenvalue weighted by atomic mass is 35.5. The molecule has 1 aliphatic rings. The molecule has 1 atom stereocenters. The largest absolute Gasteiger partial charge is 0.449 e. The van der Waals surface area contributed by atoms with Crippen molar-refractivity contribution in [3.63, 3.8) is 0 Å². The molecule has 4 nitrogen and oxygen atoms in total. The Bertz CT molecular complexity index is 461. The maximum absolute atomic E-state index is 5.59. The zero-order valence-electron chi connectivity index (χ0n) is 10.1. The quantitative estimate of drug-likeness (QED) is 0.930. The SMILES string of the molecule is Cl.c1ccc2oc(OCC3CCCCN3)nc2c1. The van der Waals surface area contributed by atoms with Gasteiger partial charge in [-0.15, -0.1) is 12.4 Å². The van der Waals surface area contributed by atoms with Crippen LogP contribution in [0.25, 0.3) is 11.1 Å². The highest BCUT2D eigenvalue weighted by molar-refractivity contribution is 5.85. The van der Waals surface area contributed by atoms with E-state index in [2.05, 4.69) is 10.3 Å². The van der Waals surface area contributed by atoms with Gasteiger partial charge in [0.1, 0.15) is 12.1 Å². The first kappa shape index (κ1) is 13.2. The molecule has 1 aromatic carbocycles. The molecule has 0 aliphatic carbocycles. The van der Waals surface area contributed by atoms with Gasteiger partial charge in [0.05, 0.1) is 0 Å². The molecule has 1 unspecified atom stereocenters. The van der Waals surface area contributed by atoms with Crippen molar-refractivity contribution in [1.29, 1.82) is 0 Å². The van der Waals surface area contributed by atoms with Gasteiger partial charge >= 0.3 is 6.08 Å². The molecule has 2 heterocycles. The van der Waals surface area contributed by atoms with Crippen molar-refractivity contribution in [3.05, 3.63) is 24.3 Å². The van der Waals surface area contributed by atoms with E-state index in [-0.39, 0.29) is 12.4 Å². The van der Waals surface area contributed by atoms with Gasteiger partial charge in [0.2, 0.25) is 0 Å². The summed E-state index contributed by atoms with van der Waals surface area (Å²) in [6.07, 6.45) is 4.08. The number of hydrogen-bond acceptors (Lipinski definition) is 4. The average molecular weight is 269 g/mol.